The Kier molecular flexibility index (Phi) is 4.58. The molecule has 46 heavy (non-hydrogen) atoms. The Labute approximate surface area is 277 Å². The van der Waals surface area contributed by atoms with Gasteiger partial charge in [-0.25, -0.2) is 0 Å². The Hall–Kier alpha value is -4.19. The summed E-state index contributed by atoms with van der Waals surface area (Å²) < 4.78 is 101. The van der Waals surface area contributed by atoms with Crippen molar-refractivity contribution in [2.75, 3.05) is 4.90 Å². The van der Waals surface area contributed by atoms with E-state index in [0.717, 1.165) is 0 Å². The van der Waals surface area contributed by atoms with Crippen LogP contribution in [0.5, 0.6) is 0 Å². The summed E-state index contributed by atoms with van der Waals surface area (Å²) in [6.45, 7) is -3.52. The number of nitrogens with zero attached hydrogens (tertiary/aromatic N) is 1. The van der Waals surface area contributed by atoms with Gasteiger partial charge in [0.25, 0.3) is 0 Å². The van der Waals surface area contributed by atoms with Crippen LogP contribution < -0.4 is 52.6 Å². The Morgan fingerprint density at radius 2 is 0.696 bits per heavy atom. The van der Waals surface area contributed by atoms with Crippen molar-refractivity contribution in [2.45, 2.75) is 20.6 Å². The van der Waals surface area contributed by atoms with Crippen LogP contribution in [0.2, 0.25) is 0 Å². The lowest BCUT2D eigenvalue weighted by atomic mass is 10.1. The molecular weight excluding hydrogens is 623 g/mol. The van der Waals surface area contributed by atoms with Gasteiger partial charge in [-0.1, -0.05) is 91.0 Å². The van der Waals surface area contributed by atoms with Crippen LogP contribution in [0.15, 0.2) is 127 Å². The maximum atomic E-state index is 16.5. The molecule has 0 radical (unpaired) electrons. The van der Waals surface area contributed by atoms with E-state index >= 15 is 13.7 Å². The van der Waals surface area contributed by atoms with E-state index < -0.39 is 35.1 Å². The van der Waals surface area contributed by atoms with Crippen molar-refractivity contribution in [1.82, 2.24) is 0 Å². The molecule has 2 atom stereocenters. The van der Waals surface area contributed by atoms with Gasteiger partial charge < -0.3 is 18.6 Å². The Morgan fingerprint density at radius 1 is 0.435 bits per heavy atom. The van der Waals surface area contributed by atoms with E-state index in [9.17, 15) is 0 Å². The van der Waals surface area contributed by atoms with Gasteiger partial charge in [-0.15, -0.1) is 0 Å². The highest BCUT2D eigenvalue weighted by molar-refractivity contribution is 7.89. The normalized spacial score (nSPS) is 25.6. The standard InChI is InChI=1S/C39H30NO3P3/c1-25-19-31-37-32(20-25)45(42,29-15-9-5-10-16-29)34-22-27(3)24-36-39(34)40(37)38-33(44(31,41)28-13-7-4-8-14-28)21-26(2)23-35(38)46(36,43)30-17-11-6-12-18-30/h4-24H,1-3H3/i1D3,2D3. The van der Waals surface area contributed by atoms with Crippen molar-refractivity contribution in [2.24, 2.45) is 0 Å². The number of hydrogen-bond acceptors (Lipinski definition) is 4. The first-order chi connectivity index (χ1) is 24.6. The van der Waals surface area contributed by atoms with Crippen LogP contribution in [-0.2, 0) is 13.7 Å². The summed E-state index contributed by atoms with van der Waals surface area (Å²) >= 11 is 0. The minimum atomic E-state index is -4.18. The van der Waals surface area contributed by atoms with Crippen LogP contribution in [0.1, 0.15) is 24.9 Å². The van der Waals surface area contributed by atoms with Crippen LogP contribution in [0.3, 0.4) is 0 Å². The van der Waals surface area contributed by atoms with Crippen LogP contribution in [-0.4, -0.2) is 0 Å². The summed E-state index contributed by atoms with van der Waals surface area (Å²) in [6.07, 6.45) is 0. The van der Waals surface area contributed by atoms with Gasteiger partial charge in [0.15, 0.2) is 21.4 Å². The molecule has 0 N–H and O–H groups in total. The van der Waals surface area contributed by atoms with Crippen LogP contribution >= 0.6 is 21.4 Å². The Balaban J connectivity index is 1.59. The molecule has 0 bridgehead atoms. The van der Waals surface area contributed by atoms with Crippen LogP contribution in [0, 0.1) is 20.6 Å². The predicted octanol–water partition coefficient (Wildman–Crippen LogP) is 5.94. The molecule has 3 aliphatic heterocycles. The molecule has 0 fully saturated rings. The Morgan fingerprint density at radius 3 is 0.957 bits per heavy atom. The second-order valence-electron chi connectivity index (χ2n) is 12.0. The summed E-state index contributed by atoms with van der Waals surface area (Å²) in [5.74, 6) is 0. The highest BCUT2D eigenvalue weighted by Crippen LogP contribution is 2.65. The third-order valence-corrected chi connectivity index (χ3v) is 18.6. The molecule has 0 aromatic heterocycles. The van der Waals surface area contributed by atoms with Gasteiger partial charge in [-0.3, -0.25) is 0 Å². The van der Waals surface area contributed by atoms with Crippen molar-refractivity contribution >= 4 is 86.2 Å². The van der Waals surface area contributed by atoms with Crippen LogP contribution in [0.25, 0.3) is 0 Å². The maximum absolute atomic E-state index is 16.5. The van der Waals surface area contributed by atoms with Crippen molar-refractivity contribution in [3.63, 3.8) is 0 Å². The average Bonchev–Trinajstić information content (AvgIpc) is 3.13. The summed E-state index contributed by atoms with van der Waals surface area (Å²) in [5, 5.41) is 2.75. The molecule has 0 saturated carbocycles. The molecule has 224 valence electrons. The number of hydrogen-bond donors (Lipinski definition) is 0. The third kappa shape index (κ3) is 3.35. The minimum absolute atomic E-state index is 0.132. The smallest absolute Gasteiger partial charge is 0.175 e. The monoisotopic (exact) mass is 659 g/mol. The Bertz CT molecular complexity index is 2500. The molecule has 9 rings (SSSR count). The summed E-state index contributed by atoms with van der Waals surface area (Å²) in [6, 6.07) is 35.7. The molecule has 6 aromatic carbocycles. The van der Waals surface area contributed by atoms with Gasteiger partial charge in [-0.2, -0.15) is 0 Å². The molecule has 7 heteroatoms. The molecule has 0 spiro atoms. The van der Waals surface area contributed by atoms with Crippen molar-refractivity contribution in [1.29, 1.82) is 0 Å². The highest BCUT2D eigenvalue weighted by Gasteiger charge is 2.56. The number of benzene rings is 6. The van der Waals surface area contributed by atoms with Gasteiger partial charge in [0, 0.05) is 56.0 Å². The first kappa shape index (κ1) is 22.4. The van der Waals surface area contributed by atoms with E-state index in [0.29, 0.717) is 49.1 Å². The second-order valence-corrected chi connectivity index (χ2v) is 20.1. The molecule has 3 heterocycles. The first-order valence-electron chi connectivity index (χ1n) is 17.9. The van der Waals surface area contributed by atoms with Crippen molar-refractivity contribution < 1.29 is 21.9 Å². The lowest BCUT2D eigenvalue weighted by molar-refractivity contribution is 0.592. The third-order valence-electron chi connectivity index (χ3n) is 9.42. The van der Waals surface area contributed by atoms with Gasteiger partial charge in [0.2, 0.25) is 0 Å². The molecule has 0 aliphatic carbocycles. The zero-order valence-electron chi connectivity index (χ0n) is 30.6. The van der Waals surface area contributed by atoms with Gasteiger partial charge in [0.1, 0.15) is 0 Å². The zero-order valence-corrected chi connectivity index (χ0v) is 27.3. The van der Waals surface area contributed by atoms with Gasteiger partial charge >= 0.3 is 0 Å². The quantitative estimate of drug-likeness (QED) is 0.221. The topological polar surface area (TPSA) is 54.5 Å². The maximum Gasteiger partial charge on any atom is 0.175 e. The average molecular weight is 660 g/mol. The zero-order chi connectivity index (χ0) is 36.6. The number of anilines is 3. The fourth-order valence-electron chi connectivity index (χ4n) is 7.55. The van der Waals surface area contributed by atoms with E-state index in [1.165, 1.54) is 24.3 Å². The van der Waals surface area contributed by atoms with E-state index in [-0.39, 0.29) is 32.3 Å². The van der Waals surface area contributed by atoms with Gasteiger partial charge in [0.05, 0.1) is 17.1 Å². The van der Waals surface area contributed by atoms with Crippen LogP contribution in [0.4, 0.5) is 17.1 Å². The number of rotatable bonds is 3. The predicted molar refractivity (Wildman–Crippen MR) is 194 cm³/mol. The molecule has 6 aromatic rings. The minimum Gasteiger partial charge on any atom is -0.308 e. The number of aryl methyl sites for hydroxylation is 3. The molecule has 4 nitrogen and oxygen atoms in total. The molecule has 0 amide bonds. The summed E-state index contributed by atoms with van der Waals surface area (Å²) in [7, 11) is -12.1. The summed E-state index contributed by atoms with van der Waals surface area (Å²) in [5.41, 5.74) is 1.48. The fourth-order valence-corrected chi connectivity index (χ4v) is 17.2. The van der Waals surface area contributed by atoms with E-state index in [4.69, 9.17) is 8.22 Å². The largest absolute Gasteiger partial charge is 0.308 e. The fraction of sp³-hybridized carbons (Fsp3) is 0.0769. The van der Waals surface area contributed by atoms with Crippen molar-refractivity contribution in [3.8, 4) is 0 Å². The van der Waals surface area contributed by atoms with E-state index in [2.05, 4.69) is 0 Å². The lowest BCUT2D eigenvalue weighted by Crippen LogP contribution is -2.53. The molecule has 2 unspecified atom stereocenters. The second kappa shape index (κ2) is 9.43. The highest BCUT2D eigenvalue weighted by atomic mass is 31.2. The molecular formula is C39H30NO3P3. The van der Waals surface area contributed by atoms with Crippen molar-refractivity contribution in [3.05, 3.63) is 144 Å². The van der Waals surface area contributed by atoms with E-state index in [1.54, 1.807) is 78.9 Å². The molecule has 0 saturated heterocycles. The first-order valence-corrected chi connectivity index (χ1v) is 20.0. The lowest BCUT2D eigenvalue weighted by Gasteiger charge is -2.49. The molecule has 3 aliphatic rings. The summed E-state index contributed by atoms with van der Waals surface area (Å²) in [4.78, 5) is 1.85. The van der Waals surface area contributed by atoms with Gasteiger partial charge in [-0.05, 0) is 73.7 Å². The van der Waals surface area contributed by atoms with E-state index in [1.807, 2.05) is 36.1 Å². The SMILES string of the molecule is [2H]C([2H])([2H])c1cc2c3c(c1)P(=O)(c1ccccc1)c1cc(C([2H])([2H])[2H])cc4c1N3c1c(cc(C)cc1P4(=O)c1ccccc1)P2(=O)c1ccccc1.